The number of sulfonamides is 1. The van der Waals surface area contributed by atoms with Crippen LogP contribution < -0.4 is 4.83 Å². The number of carbonyl (C=O) groups is 1. The first-order valence-corrected chi connectivity index (χ1v) is 10.00. The lowest BCUT2D eigenvalue weighted by molar-refractivity contribution is -0.123. The highest BCUT2D eigenvalue weighted by Gasteiger charge is 2.35. The van der Waals surface area contributed by atoms with E-state index in [0.29, 0.717) is 4.91 Å². The molecule has 1 heterocycles. The zero-order chi connectivity index (χ0) is 18.0. The molecule has 0 atom stereocenters. The molecule has 5 nitrogen and oxygen atoms in total. The molecule has 1 saturated heterocycles. The molecule has 0 bridgehead atoms. The van der Waals surface area contributed by atoms with E-state index in [1.807, 2.05) is 31.2 Å². The maximum absolute atomic E-state index is 12.5. The van der Waals surface area contributed by atoms with E-state index in [1.165, 1.54) is 12.1 Å². The third kappa shape index (κ3) is 3.98. The number of nitrogens with one attached hydrogen (secondary N) is 1. The van der Waals surface area contributed by atoms with E-state index in [-0.39, 0.29) is 9.22 Å². The average molecular weight is 391 g/mol. The van der Waals surface area contributed by atoms with Gasteiger partial charge in [-0.25, -0.2) is 13.4 Å². The molecule has 2 aromatic rings. The summed E-state index contributed by atoms with van der Waals surface area (Å²) in [6.07, 6.45) is 1.70. The highest BCUT2D eigenvalue weighted by Crippen LogP contribution is 2.32. The molecule has 1 N–H and O–H groups in total. The molecular weight excluding hydrogens is 376 g/mol. The molecule has 1 fully saturated rings. The molecule has 128 valence electrons. The lowest BCUT2D eigenvalue weighted by atomic mass is 10.1. The van der Waals surface area contributed by atoms with Crippen molar-refractivity contribution in [2.24, 2.45) is 0 Å². The number of thioether (sulfide) groups is 1. The molecule has 0 unspecified atom stereocenters. The first-order valence-electron chi connectivity index (χ1n) is 7.29. The Morgan fingerprint density at radius 1 is 1.12 bits per heavy atom. The highest BCUT2D eigenvalue weighted by molar-refractivity contribution is 8.26. The van der Waals surface area contributed by atoms with Gasteiger partial charge in [0.15, 0.2) is 4.32 Å². The molecule has 0 aliphatic carbocycles. The number of thiocarbonyl (C=S) groups is 1. The zero-order valence-electron chi connectivity index (χ0n) is 13.2. The van der Waals surface area contributed by atoms with E-state index in [4.69, 9.17) is 12.2 Å². The highest BCUT2D eigenvalue weighted by atomic mass is 32.2. The van der Waals surface area contributed by atoms with Gasteiger partial charge in [0.1, 0.15) is 0 Å². The first-order chi connectivity index (χ1) is 11.9. The summed E-state index contributed by atoms with van der Waals surface area (Å²) in [5, 5.41) is 0.893. The average Bonchev–Trinajstić information content (AvgIpc) is 2.83. The predicted molar refractivity (Wildman–Crippen MR) is 103 cm³/mol. The Morgan fingerprint density at radius 2 is 1.84 bits per heavy atom. The topological polar surface area (TPSA) is 66.5 Å². The van der Waals surface area contributed by atoms with Crippen LogP contribution in [-0.2, 0) is 14.8 Å². The fourth-order valence-electron chi connectivity index (χ4n) is 2.23. The van der Waals surface area contributed by atoms with Crippen molar-refractivity contribution in [1.82, 2.24) is 9.84 Å². The van der Waals surface area contributed by atoms with Gasteiger partial charge in [0.25, 0.3) is 15.9 Å². The second-order valence-electron chi connectivity index (χ2n) is 5.34. The number of rotatable bonds is 4. The normalized spacial score (nSPS) is 16.7. The van der Waals surface area contributed by atoms with Gasteiger partial charge < -0.3 is 0 Å². The van der Waals surface area contributed by atoms with E-state index in [9.17, 15) is 13.2 Å². The summed E-state index contributed by atoms with van der Waals surface area (Å²) in [5.74, 6) is -0.490. The predicted octanol–water partition coefficient (Wildman–Crippen LogP) is 3.09. The molecule has 3 rings (SSSR count). The van der Waals surface area contributed by atoms with Gasteiger partial charge in [-0.2, -0.15) is 0 Å². The molecule has 2 aromatic carbocycles. The van der Waals surface area contributed by atoms with Crippen LogP contribution in [0, 0.1) is 6.92 Å². The van der Waals surface area contributed by atoms with E-state index in [1.54, 1.807) is 24.3 Å². The van der Waals surface area contributed by atoms with Crippen LogP contribution in [0.25, 0.3) is 6.08 Å². The number of nitrogens with zero attached hydrogens (tertiary/aromatic N) is 1. The fourth-order valence-corrected chi connectivity index (χ4v) is 4.56. The summed E-state index contributed by atoms with van der Waals surface area (Å²) in [5.41, 5.74) is 1.92. The number of aryl methyl sites for hydroxylation is 1. The van der Waals surface area contributed by atoms with Gasteiger partial charge in [-0.05, 0) is 30.7 Å². The van der Waals surface area contributed by atoms with Crippen molar-refractivity contribution in [3.8, 4) is 0 Å². The van der Waals surface area contributed by atoms with Crippen LogP contribution in [0.15, 0.2) is 64.4 Å². The van der Waals surface area contributed by atoms with Gasteiger partial charge in [-0.1, -0.05) is 72.0 Å². The quantitative estimate of drug-likeness (QED) is 0.642. The van der Waals surface area contributed by atoms with Crippen LogP contribution in [-0.4, -0.2) is 23.7 Å². The summed E-state index contributed by atoms with van der Waals surface area (Å²) in [4.78, 5) is 15.2. The Balaban J connectivity index is 1.85. The van der Waals surface area contributed by atoms with Gasteiger partial charge in [0.05, 0.1) is 9.80 Å². The molecule has 8 heteroatoms. The van der Waals surface area contributed by atoms with Crippen molar-refractivity contribution < 1.29 is 13.2 Å². The summed E-state index contributed by atoms with van der Waals surface area (Å²) in [6, 6.07) is 15.5. The van der Waals surface area contributed by atoms with Crippen molar-refractivity contribution in [1.29, 1.82) is 0 Å². The molecule has 0 aromatic heterocycles. The maximum Gasteiger partial charge on any atom is 0.281 e. The third-order valence-electron chi connectivity index (χ3n) is 3.40. The molecule has 0 saturated carbocycles. The number of hydrogen-bond acceptors (Lipinski definition) is 5. The molecular formula is C17H14N2O3S3. The van der Waals surface area contributed by atoms with Crippen LogP contribution in [0.5, 0.6) is 0 Å². The first kappa shape index (κ1) is 17.8. The number of carbonyl (C=O) groups excluding carboxylic acids is 1. The molecule has 1 aliphatic rings. The number of hydrogen-bond donors (Lipinski definition) is 1. The largest absolute Gasteiger partial charge is 0.281 e. The van der Waals surface area contributed by atoms with Gasteiger partial charge in [-0.15, -0.1) is 4.83 Å². The number of hydrazine groups is 1. The Hall–Kier alpha value is -2.00. The van der Waals surface area contributed by atoms with Gasteiger partial charge >= 0.3 is 0 Å². The van der Waals surface area contributed by atoms with Crippen LogP contribution in [0.4, 0.5) is 0 Å². The minimum Gasteiger partial charge on any atom is -0.267 e. The number of benzene rings is 2. The van der Waals surface area contributed by atoms with Crippen molar-refractivity contribution in [3.63, 3.8) is 0 Å². The van der Waals surface area contributed by atoms with Crippen LogP contribution in [0.1, 0.15) is 11.1 Å². The summed E-state index contributed by atoms with van der Waals surface area (Å²) in [6.45, 7) is 1.95. The van der Waals surface area contributed by atoms with Crippen LogP contribution in [0.3, 0.4) is 0 Å². The lowest BCUT2D eigenvalue weighted by Crippen LogP contribution is -2.44. The summed E-state index contributed by atoms with van der Waals surface area (Å²) >= 11 is 6.22. The Bertz CT molecular complexity index is 970. The zero-order valence-corrected chi connectivity index (χ0v) is 15.6. The van der Waals surface area contributed by atoms with E-state index in [2.05, 4.69) is 4.83 Å². The SMILES string of the molecule is Cc1cccc(C=C2SC(=S)N(NS(=O)(=O)c3ccccc3)C2=O)c1. The van der Waals surface area contributed by atoms with Crippen molar-refractivity contribution in [3.05, 3.63) is 70.6 Å². The van der Waals surface area contributed by atoms with E-state index < -0.39 is 15.9 Å². The molecule has 0 spiro atoms. The van der Waals surface area contributed by atoms with Crippen molar-refractivity contribution >= 4 is 50.3 Å². The standard InChI is InChI=1S/C17H14N2O3S3/c1-12-6-5-7-13(10-12)11-15-16(20)19(17(23)24-15)18-25(21,22)14-8-3-2-4-9-14/h2-11,18H,1H3. The van der Waals surface area contributed by atoms with E-state index >= 15 is 0 Å². The lowest BCUT2D eigenvalue weighted by Gasteiger charge is -2.15. The third-order valence-corrected chi connectivity index (χ3v) is 6.02. The fraction of sp³-hybridized carbons (Fsp3) is 0.0588. The van der Waals surface area contributed by atoms with Gasteiger partial charge in [-0.3, -0.25) is 4.79 Å². The Kier molecular flexibility index (Phi) is 5.05. The minimum atomic E-state index is -3.89. The minimum absolute atomic E-state index is 0.0618. The van der Waals surface area contributed by atoms with Crippen LogP contribution >= 0.6 is 24.0 Å². The number of amides is 1. The van der Waals surface area contributed by atoms with Crippen molar-refractivity contribution in [2.45, 2.75) is 11.8 Å². The molecule has 1 aliphatic heterocycles. The molecule has 25 heavy (non-hydrogen) atoms. The second kappa shape index (κ2) is 7.09. The second-order valence-corrected chi connectivity index (χ2v) is 8.68. The van der Waals surface area contributed by atoms with Crippen molar-refractivity contribution in [2.75, 3.05) is 0 Å². The molecule has 1 amide bonds. The monoisotopic (exact) mass is 390 g/mol. The maximum atomic E-state index is 12.5. The van der Waals surface area contributed by atoms with E-state index in [0.717, 1.165) is 27.9 Å². The van der Waals surface area contributed by atoms with Gasteiger partial charge in [0, 0.05) is 0 Å². The summed E-state index contributed by atoms with van der Waals surface area (Å²) < 4.78 is 24.9. The van der Waals surface area contributed by atoms with Crippen LogP contribution in [0.2, 0.25) is 0 Å². The van der Waals surface area contributed by atoms with Gasteiger partial charge in [0.2, 0.25) is 0 Å². The Labute approximate surface area is 155 Å². The smallest absolute Gasteiger partial charge is 0.267 e. The Morgan fingerprint density at radius 3 is 2.52 bits per heavy atom. The molecule has 0 radical (unpaired) electrons. The summed E-state index contributed by atoms with van der Waals surface area (Å²) in [7, 11) is -3.89.